The summed E-state index contributed by atoms with van der Waals surface area (Å²) in [6.45, 7) is 4.19. The lowest BCUT2D eigenvalue weighted by Gasteiger charge is -2.45. The van der Waals surface area contributed by atoms with Crippen LogP contribution in [0, 0.1) is 5.92 Å². The third-order valence-corrected chi connectivity index (χ3v) is 4.17. The maximum atomic E-state index is 11.5. The number of aromatic nitrogens is 1. The Morgan fingerprint density at radius 3 is 3.00 bits per heavy atom. The number of nitrogens with two attached hydrogens (primary N) is 1. The fourth-order valence-corrected chi connectivity index (χ4v) is 3.57. The molecular weight excluding hydrogens is 224 g/mol. The van der Waals surface area contributed by atoms with Crippen molar-refractivity contribution < 1.29 is 0 Å². The summed E-state index contributed by atoms with van der Waals surface area (Å²) in [7, 11) is 0. The zero-order valence-electron chi connectivity index (χ0n) is 10.8. The molecule has 1 heterocycles. The highest BCUT2D eigenvalue weighted by molar-refractivity contribution is 5.48. The number of hydrogen-bond donors (Lipinski definition) is 2. The van der Waals surface area contributed by atoms with Crippen molar-refractivity contribution in [3.63, 3.8) is 0 Å². The summed E-state index contributed by atoms with van der Waals surface area (Å²) in [5, 5.41) is 0. The van der Waals surface area contributed by atoms with E-state index >= 15 is 0 Å². The van der Waals surface area contributed by atoms with Gasteiger partial charge in [-0.3, -0.25) is 4.79 Å². The Morgan fingerprint density at radius 2 is 2.28 bits per heavy atom. The van der Waals surface area contributed by atoms with Crippen LogP contribution in [0.3, 0.4) is 0 Å². The smallest absolute Gasteiger partial charge is 0.248 e. The highest BCUT2D eigenvalue weighted by Gasteiger charge is 2.43. The second kappa shape index (κ2) is 3.69. The molecule has 0 fully saturated rings. The van der Waals surface area contributed by atoms with Crippen molar-refractivity contribution in [2.24, 2.45) is 11.7 Å². The van der Waals surface area contributed by atoms with Gasteiger partial charge in [0.05, 0.1) is 5.54 Å². The van der Waals surface area contributed by atoms with Crippen molar-refractivity contribution in [3.8, 4) is 0 Å². The summed E-state index contributed by atoms with van der Waals surface area (Å²) in [5.74, 6) is 0.333. The Labute approximate surface area is 106 Å². The minimum Gasteiger partial charge on any atom is -0.326 e. The molecule has 0 saturated carbocycles. The summed E-state index contributed by atoms with van der Waals surface area (Å²) < 4.78 is 0. The van der Waals surface area contributed by atoms with E-state index in [1.165, 1.54) is 11.1 Å². The van der Waals surface area contributed by atoms with Gasteiger partial charge in [0, 0.05) is 17.7 Å². The number of H-pyrrole nitrogens is 1. The molecule has 0 spiro atoms. The van der Waals surface area contributed by atoms with Crippen molar-refractivity contribution in [2.75, 3.05) is 0 Å². The fraction of sp³-hybridized carbons (Fsp3) is 0.400. The number of fused-ring (bicyclic) bond motifs is 4. The fourth-order valence-electron chi connectivity index (χ4n) is 3.57. The molecule has 0 amide bonds. The van der Waals surface area contributed by atoms with Crippen LogP contribution in [0.25, 0.3) is 0 Å². The standard InChI is InChI=1S/C15H18N2O/c1-3-11-10-6-9(2)8-15(11,16)12-4-5-14(18)17-13(12)7-10/h3-6,10H,7-8,16H2,1-2H3,(H,17,18)/b11-3+/t10-,15-/m1/s1. The zero-order chi connectivity index (χ0) is 12.9. The molecule has 2 bridgehead atoms. The van der Waals surface area contributed by atoms with Crippen LogP contribution in [-0.2, 0) is 12.0 Å². The minimum atomic E-state index is -0.434. The van der Waals surface area contributed by atoms with Gasteiger partial charge in [0.15, 0.2) is 0 Å². The lowest BCUT2D eigenvalue weighted by molar-refractivity contribution is 0.409. The summed E-state index contributed by atoms with van der Waals surface area (Å²) in [6.07, 6.45) is 6.11. The zero-order valence-corrected chi connectivity index (χ0v) is 10.8. The van der Waals surface area contributed by atoms with Crippen LogP contribution in [-0.4, -0.2) is 4.98 Å². The van der Waals surface area contributed by atoms with E-state index in [-0.39, 0.29) is 5.56 Å². The molecule has 3 heteroatoms. The first kappa shape index (κ1) is 11.5. The van der Waals surface area contributed by atoms with Crippen LogP contribution in [0.15, 0.2) is 40.2 Å². The van der Waals surface area contributed by atoms with Gasteiger partial charge in [0.2, 0.25) is 5.56 Å². The maximum absolute atomic E-state index is 11.5. The van der Waals surface area contributed by atoms with Crippen LogP contribution < -0.4 is 11.3 Å². The normalized spacial score (nSPS) is 32.1. The van der Waals surface area contributed by atoms with Gasteiger partial charge in [-0.25, -0.2) is 0 Å². The Hall–Kier alpha value is -1.61. The molecule has 1 aromatic rings. The maximum Gasteiger partial charge on any atom is 0.248 e. The van der Waals surface area contributed by atoms with Crippen LogP contribution in [0.1, 0.15) is 31.5 Å². The predicted octanol–water partition coefficient (Wildman–Crippen LogP) is 2.00. The Morgan fingerprint density at radius 1 is 1.50 bits per heavy atom. The lowest BCUT2D eigenvalue weighted by atomic mass is 9.63. The minimum absolute atomic E-state index is 0.0416. The SMILES string of the molecule is C/C=C1\[C@@H]2C=C(C)C[C@]1(N)c1ccc(=O)[nH]c1C2. The molecule has 2 atom stereocenters. The van der Waals surface area contributed by atoms with E-state index in [9.17, 15) is 4.79 Å². The Balaban J connectivity index is 2.28. The van der Waals surface area contributed by atoms with Crippen molar-refractivity contribution in [1.82, 2.24) is 4.98 Å². The molecule has 1 aromatic heterocycles. The third kappa shape index (κ3) is 1.44. The van der Waals surface area contributed by atoms with Gasteiger partial charge in [-0.05, 0) is 43.9 Å². The number of allylic oxidation sites excluding steroid dienone is 2. The average molecular weight is 242 g/mol. The second-order valence-electron chi connectivity index (χ2n) is 5.43. The molecule has 3 rings (SSSR count). The van der Waals surface area contributed by atoms with E-state index in [4.69, 9.17) is 5.73 Å². The Bertz CT molecular complexity index is 624. The first-order valence-corrected chi connectivity index (χ1v) is 6.40. The van der Waals surface area contributed by atoms with Gasteiger partial charge in [-0.15, -0.1) is 0 Å². The van der Waals surface area contributed by atoms with Crippen molar-refractivity contribution in [2.45, 2.75) is 32.2 Å². The third-order valence-electron chi connectivity index (χ3n) is 4.17. The van der Waals surface area contributed by atoms with E-state index in [1.54, 1.807) is 6.07 Å². The van der Waals surface area contributed by atoms with E-state index in [0.29, 0.717) is 5.92 Å². The first-order valence-electron chi connectivity index (χ1n) is 6.40. The Kier molecular flexibility index (Phi) is 2.35. The number of rotatable bonds is 0. The number of aromatic amines is 1. The topological polar surface area (TPSA) is 58.9 Å². The van der Waals surface area contributed by atoms with E-state index in [0.717, 1.165) is 24.1 Å². The first-order chi connectivity index (χ1) is 8.54. The molecule has 94 valence electrons. The molecule has 3 N–H and O–H groups in total. The number of hydrogen-bond acceptors (Lipinski definition) is 2. The predicted molar refractivity (Wildman–Crippen MR) is 72.3 cm³/mol. The monoisotopic (exact) mass is 242 g/mol. The lowest BCUT2D eigenvalue weighted by Crippen LogP contribution is -2.48. The number of pyridine rings is 1. The van der Waals surface area contributed by atoms with E-state index in [2.05, 4.69) is 31.0 Å². The average Bonchev–Trinajstić information content (AvgIpc) is 2.26. The van der Waals surface area contributed by atoms with Crippen molar-refractivity contribution in [1.29, 1.82) is 0 Å². The van der Waals surface area contributed by atoms with Crippen LogP contribution in [0.5, 0.6) is 0 Å². The van der Waals surface area contributed by atoms with Gasteiger partial charge in [0.25, 0.3) is 0 Å². The van der Waals surface area contributed by atoms with Gasteiger partial charge in [-0.1, -0.05) is 17.7 Å². The summed E-state index contributed by atoms with van der Waals surface area (Å²) in [6, 6.07) is 3.47. The van der Waals surface area contributed by atoms with Crippen molar-refractivity contribution >= 4 is 0 Å². The van der Waals surface area contributed by atoms with Gasteiger partial charge in [-0.2, -0.15) is 0 Å². The highest BCUT2D eigenvalue weighted by atomic mass is 16.1. The van der Waals surface area contributed by atoms with Crippen LogP contribution in [0.4, 0.5) is 0 Å². The second-order valence-corrected chi connectivity index (χ2v) is 5.43. The van der Waals surface area contributed by atoms with E-state index in [1.807, 2.05) is 6.07 Å². The van der Waals surface area contributed by atoms with Gasteiger partial charge < -0.3 is 10.7 Å². The molecule has 0 aromatic carbocycles. The number of nitrogens with one attached hydrogen (secondary N) is 1. The molecule has 0 radical (unpaired) electrons. The van der Waals surface area contributed by atoms with E-state index < -0.39 is 5.54 Å². The molecule has 0 saturated heterocycles. The molecule has 3 nitrogen and oxygen atoms in total. The molecule has 0 unspecified atom stereocenters. The quantitative estimate of drug-likeness (QED) is 0.684. The largest absolute Gasteiger partial charge is 0.326 e. The van der Waals surface area contributed by atoms with Gasteiger partial charge >= 0.3 is 0 Å². The van der Waals surface area contributed by atoms with Crippen LogP contribution in [0.2, 0.25) is 0 Å². The highest BCUT2D eigenvalue weighted by Crippen LogP contribution is 2.47. The molecule has 18 heavy (non-hydrogen) atoms. The van der Waals surface area contributed by atoms with Crippen molar-refractivity contribution in [3.05, 3.63) is 57.0 Å². The molecule has 2 aliphatic rings. The van der Waals surface area contributed by atoms with Crippen LogP contribution >= 0.6 is 0 Å². The summed E-state index contributed by atoms with van der Waals surface area (Å²) in [5.41, 5.74) is 10.9. The molecular formula is C15H18N2O. The van der Waals surface area contributed by atoms with Gasteiger partial charge in [0.1, 0.15) is 0 Å². The summed E-state index contributed by atoms with van der Waals surface area (Å²) in [4.78, 5) is 14.4. The molecule has 0 aliphatic heterocycles. The summed E-state index contributed by atoms with van der Waals surface area (Å²) >= 11 is 0. The molecule has 2 aliphatic carbocycles.